The van der Waals surface area contributed by atoms with Crippen LogP contribution in [0.1, 0.15) is 24.5 Å². The third-order valence-corrected chi connectivity index (χ3v) is 2.53. The van der Waals surface area contributed by atoms with Gasteiger partial charge in [-0.2, -0.15) is 0 Å². The summed E-state index contributed by atoms with van der Waals surface area (Å²) in [4.78, 5) is 0. The van der Waals surface area contributed by atoms with Gasteiger partial charge in [-0.3, -0.25) is 0 Å². The number of terminal acetylenes is 1. The molecule has 0 saturated carbocycles. The van der Waals surface area contributed by atoms with E-state index >= 15 is 0 Å². The van der Waals surface area contributed by atoms with Crippen molar-refractivity contribution in [2.45, 2.75) is 18.9 Å². The van der Waals surface area contributed by atoms with Gasteiger partial charge in [-0.15, -0.1) is 12.3 Å². The van der Waals surface area contributed by atoms with Crippen LogP contribution in [-0.2, 0) is 0 Å². The summed E-state index contributed by atoms with van der Waals surface area (Å²) in [5.74, 6) is 2.06. The predicted molar refractivity (Wildman–Crippen MR) is 57.1 cm³/mol. The summed E-state index contributed by atoms with van der Waals surface area (Å²) in [6, 6.07) is 4.56. The SMILES string of the molecule is C#CCCC(O)c1ccc(Br)c(F)c1. The molecule has 0 amide bonds. The fourth-order valence-corrected chi connectivity index (χ4v) is 1.35. The van der Waals surface area contributed by atoms with Crippen molar-refractivity contribution in [2.75, 3.05) is 0 Å². The van der Waals surface area contributed by atoms with E-state index in [0.29, 0.717) is 22.9 Å². The Morgan fingerprint density at radius 1 is 1.57 bits per heavy atom. The molecule has 1 atom stereocenters. The van der Waals surface area contributed by atoms with Gasteiger partial charge in [0.1, 0.15) is 5.82 Å². The van der Waals surface area contributed by atoms with Gasteiger partial charge in [-0.1, -0.05) is 6.07 Å². The van der Waals surface area contributed by atoms with Crippen LogP contribution in [0.2, 0.25) is 0 Å². The molecule has 14 heavy (non-hydrogen) atoms. The number of hydrogen-bond donors (Lipinski definition) is 1. The first-order valence-corrected chi connectivity index (χ1v) is 5.01. The molecular weight excluding hydrogens is 247 g/mol. The average molecular weight is 257 g/mol. The van der Waals surface area contributed by atoms with Gasteiger partial charge in [-0.25, -0.2) is 4.39 Å². The lowest BCUT2D eigenvalue weighted by Gasteiger charge is -2.09. The van der Waals surface area contributed by atoms with E-state index in [9.17, 15) is 9.50 Å². The number of aliphatic hydroxyl groups is 1. The molecule has 1 N–H and O–H groups in total. The molecule has 0 aromatic heterocycles. The molecule has 1 nitrogen and oxygen atoms in total. The van der Waals surface area contributed by atoms with E-state index in [2.05, 4.69) is 21.9 Å². The number of halogens is 2. The summed E-state index contributed by atoms with van der Waals surface area (Å²) < 4.78 is 13.5. The van der Waals surface area contributed by atoms with Gasteiger partial charge >= 0.3 is 0 Å². The van der Waals surface area contributed by atoms with Gasteiger partial charge in [-0.05, 0) is 40.0 Å². The molecule has 0 bridgehead atoms. The van der Waals surface area contributed by atoms with Crippen LogP contribution >= 0.6 is 15.9 Å². The molecule has 0 saturated heterocycles. The van der Waals surface area contributed by atoms with Crippen molar-refractivity contribution in [2.24, 2.45) is 0 Å². The minimum atomic E-state index is -0.686. The number of rotatable bonds is 3. The maximum Gasteiger partial charge on any atom is 0.137 e. The largest absolute Gasteiger partial charge is 0.388 e. The first-order valence-electron chi connectivity index (χ1n) is 4.21. The maximum atomic E-state index is 13.1. The highest BCUT2D eigenvalue weighted by Crippen LogP contribution is 2.23. The quantitative estimate of drug-likeness (QED) is 0.825. The van der Waals surface area contributed by atoms with Crippen molar-refractivity contribution in [1.29, 1.82) is 0 Å². The Labute approximate surface area is 91.1 Å². The highest BCUT2D eigenvalue weighted by molar-refractivity contribution is 9.10. The van der Waals surface area contributed by atoms with Crippen molar-refractivity contribution < 1.29 is 9.50 Å². The van der Waals surface area contributed by atoms with Gasteiger partial charge in [0.05, 0.1) is 10.6 Å². The van der Waals surface area contributed by atoms with Crippen molar-refractivity contribution in [1.82, 2.24) is 0 Å². The first-order chi connectivity index (χ1) is 6.65. The lowest BCUT2D eigenvalue weighted by Crippen LogP contribution is -1.97. The van der Waals surface area contributed by atoms with Gasteiger partial charge in [0.25, 0.3) is 0 Å². The second-order valence-corrected chi connectivity index (χ2v) is 3.79. The standard InChI is InChI=1S/C11H10BrFO/c1-2-3-4-11(14)8-5-6-9(12)10(13)7-8/h1,5-7,11,14H,3-4H2. The van der Waals surface area contributed by atoms with Gasteiger partial charge < -0.3 is 5.11 Å². The topological polar surface area (TPSA) is 20.2 Å². The zero-order valence-corrected chi connectivity index (χ0v) is 9.09. The zero-order valence-electron chi connectivity index (χ0n) is 7.50. The number of benzene rings is 1. The van der Waals surface area contributed by atoms with Crippen LogP contribution in [0.5, 0.6) is 0 Å². The molecule has 0 heterocycles. The van der Waals surface area contributed by atoms with E-state index < -0.39 is 6.10 Å². The summed E-state index contributed by atoms with van der Waals surface area (Å²) in [6.07, 6.45) is 5.32. The molecule has 3 heteroatoms. The highest BCUT2D eigenvalue weighted by atomic mass is 79.9. The second kappa shape index (κ2) is 5.14. The minimum absolute atomic E-state index is 0.373. The van der Waals surface area contributed by atoms with Gasteiger partial charge in [0.2, 0.25) is 0 Å². The monoisotopic (exact) mass is 256 g/mol. The second-order valence-electron chi connectivity index (χ2n) is 2.93. The van der Waals surface area contributed by atoms with E-state index in [1.807, 2.05) is 0 Å². The smallest absolute Gasteiger partial charge is 0.137 e. The molecular formula is C11H10BrFO. The van der Waals surface area contributed by atoms with Crippen molar-refractivity contribution in [3.63, 3.8) is 0 Å². The van der Waals surface area contributed by atoms with Gasteiger partial charge in [0, 0.05) is 6.42 Å². The van der Waals surface area contributed by atoms with E-state index in [1.54, 1.807) is 12.1 Å². The molecule has 1 rings (SSSR count). The Kier molecular flexibility index (Phi) is 4.12. The molecule has 0 aliphatic carbocycles. The molecule has 0 aliphatic rings. The third kappa shape index (κ3) is 2.83. The fraction of sp³-hybridized carbons (Fsp3) is 0.273. The number of aliphatic hydroxyl groups excluding tert-OH is 1. The zero-order chi connectivity index (χ0) is 10.6. The summed E-state index contributed by atoms with van der Waals surface area (Å²) in [5, 5.41) is 9.59. The van der Waals surface area contributed by atoms with E-state index in [0.717, 1.165) is 0 Å². The minimum Gasteiger partial charge on any atom is -0.388 e. The fourth-order valence-electron chi connectivity index (χ4n) is 1.11. The van der Waals surface area contributed by atoms with Crippen LogP contribution in [0.25, 0.3) is 0 Å². The summed E-state index contributed by atoms with van der Waals surface area (Å²) in [5.41, 5.74) is 0.556. The van der Waals surface area contributed by atoms with Crippen LogP contribution in [0, 0.1) is 18.2 Å². The first kappa shape index (κ1) is 11.2. The van der Waals surface area contributed by atoms with Crippen LogP contribution in [0.3, 0.4) is 0 Å². The Bertz CT molecular complexity index is 357. The molecule has 0 radical (unpaired) electrons. The van der Waals surface area contributed by atoms with E-state index in [-0.39, 0.29) is 5.82 Å². The van der Waals surface area contributed by atoms with Gasteiger partial charge in [0.15, 0.2) is 0 Å². The van der Waals surface area contributed by atoms with Crippen LogP contribution in [-0.4, -0.2) is 5.11 Å². The molecule has 1 unspecified atom stereocenters. The van der Waals surface area contributed by atoms with Crippen LogP contribution in [0.15, 0.2) is 22.7 Å². The maximum absolute atomic E-state index is 13.1. The summed E-state index contributed by atoms with van der Waals surface area (Å²) >= 11 is 3.04. The summed E-state index contributed by atoms with van der Waals surface area (Å²) in [6.45, 7) is 0. The Hall–Kier alpha value is -0.850. The molecule has 0 fully saturated rings. The predicted octanol–water partition coefficient (Wildman–Crippen LogP) is 3.04. The normalized spacial score (nSPS) is 12.1. The average Bonchev–Trinajstić information content (AvgIpc) is 2.18. The third-order valence-electron chi connectivity index (χ3n) is 1.89. The van der Waals surface area contributed by atoms with Crippen molar-refractivity contribution >= 4 is 15.9 Å². The molecule has 74 valence electrons. The van der Waals surface area contributed by atoms with Crippen LogP contribution in [0.4, 0.5) is 4.39 Å². The van der Waals surface area contributed by atoms with Crippen molar-refractivity contribution in [3.05, 3.63) is 34.1 Å². The number of hydrogen-bond acceptors (Lipinski definition) is 1. The molecule has 1 aromatic carbocycles. The van der Waals surface area contributed by atoms with E-state index in [4.69, 9.17) is 6.42 Å². The Morgan fingerprint density at radius 3 is 2.86 bits per heavy atom. The molecule has 0 aliphatic heterocycles. The van der Waals surface area contributed by atoms with E-state index in [1.165, 1.54) is 6.07 Å². The highest BCUT2D eigenvalue weighted by Gasteiger charge is 2.08. The lowest BCUT2D eigenvalue weighted by molar-refractivity contribution is 0.169. The Balaban J connectivity index is 2.76. The lowest BCUT2D eigenvalue weighted by atomic mass is 10.1. The summed E-state index contributed by atoms with van der Waals surface area (Å²) in [7, 11) is 0. The molecule has 1 aromatic rings. The van der Waals surface area contributed by atoms with Crippen molar-refractivity contribution in [3.8, 4) is 12.3 Å². The van der Waals surface area contributed by atoms with Crippen LogP contribution < -0.4 is 0 Å². The Morgan fingerprint density at radius 2 is 2.29 bits per heavy atom. The molecule has 0 spiro atoms.